The van der Waals surface area contributed by atoms with Crippen molar-refractivity contribution >= 4 is 17.2 Å². The van der Waals surface area contributed by atoms with E-state index in [0.29, 0.717) is 6.54 Å². The molecule has 1 aromatic rings. The Kier molecular flexibility index (Phi) is 5.36. The second kappa shape index (κ2) is 7.03. The lowest BCUT2D eigenvalue weighted by atomic mass is 10.3. The summed E-state index contributed by atoms with van der Waals surface area (Å²) in [7, 11) is 2.01. The number of amides is 1. The number of piperazine rings is 1. The largest absolute Gasteiger partial charge is 0.339 e. The van der Waals surface area contributed by atoms with Crippen LogP contribution in [0.25, 0.3) is 0 Å². The molecule has 106 valence electrons. The molecule has 1 fully saturated rings. The van der Waals surface area contributed by atoms with Gasteiger partial charge < -0.3 is 9.80 Å². The second-order valence-electron chi connectivity index (χ2n) is 5.07. The fourth-order valence-electron chi connectivity index (χ4n) is 2.37. The van der Waals surface area contributed by atoms with E-state index >= 15 is 0 Å². The van der Waals surface area contributed by atoms with Crippen LogP contribution in [0.15, 0.2) is 17.5 Å². The van der Waals surface area contributed by atoms with Crippen LogP contribution < -0.4 is 0 Å². The molecule has 0 radical (unpaired) electrons. The highest BCUT2D eigenvalue weighted by Crippen LogP contribution is 2.11. The average Bonchev–Trinajstić information content (AvgIpc) is 2.91. The Morgan fingerprint density at radius 1 is 1.37 bits per heavy atom. The van der Waals surface area contributed by atoms with E-state index in [1.807, 2.05) is 11.9 Å². The van der Waals surface area contributed by atoms with Gasteiger partial charge in [0.05, 0.1) is 6.54 Å². The van der Waals surface area contributed by atoms with Gasteiger partial charge in [-0.25, -0.2) is 0 Å². The molecule has 0 unspecified atom stereocenters. The first kappa shape index (κ1) is 14.5. The molecular formula is C14H23N3OS. The van der Waals surface area contributed by atoms with Crippen LogP contribution in [0.2, 0.25) is 0 Å². The summed E-state index contributed by atoms with van der Waals surface area (Å²) in [5.74, 6) is 0.259. The molecule has 1 aromatic heterocycles. The van der Waals surface area contributed by atoms with Crippen LogP contribution in [-0.2, 0) is 11.3 Å². The smallest absolute Gasteiger partial charge is 0.236 e. The van der Waals surface area contributed by atoms with Crippen LogP contribution in [0.1, 0.15) is 11.8 Å². The molecule has 0 spiro atoms. The van der Waals surface area contributed by atoms with Crippen molar-refractivity contribution in [2.24, 2.45) is 0 Å². The van der Waals surface area contributed by atoms with Gasteiger partial charge in [0.25, 0.3) is 0 Å². The summed E-state index contributed by atoms with van der Waals surface area (Å²) >= 11 is 1.74. The van der Waals surface area contributed by atoms with Crippen molar-refractivity contribution in [2.45, 2.75) is 13.5 Å². The van der Waals surface area contributed by atoms with Crippen LogP contribution in [0.5, 0.6) is 0 Å². The topological polar surface area (TPSA) is 26.8 Å². The monoisotopic (exact) mass is 281 g/mol. The molecule has 1 amide bonds. The minimum Gasteiger partial charge on any atom is -0.339 e. The Morgan fingerprint density at radius 3 is 2.68 bits per heavy atom. The molecule has 2 rings (SSSR count). The van der Waals surface area contributed by atoms with Gasteiger partial charge in [-0.2, -0.15) is 0 Å². The predicted octanol–water partition coefficient (Wildman–Crippen LogP) is 1.34. The zero-order valence-corrected chi connectivity index (χ0v) is 12.7. The Labute approximate surface area is 119 Å². The summed E-state index contributed by atoms with van der Waals surface area (Å²) in [5.41, 5.74) is 0. The SMILES string of the molecule is CCN1CCN(C(=O)CN(C)Cc2cccs2)CC1. The van der Waals surface area contributed by atoms with Gasteiger partial charge in [-0.3, -0.25) is 9.69 Å². The van der Waals surface area contributed by atoms with Gasteiger partial charge in [-0.1, -0.05) is 13.0 Å². The number of carbonyl (C=O) groups is 1. The number of carbonyl (C=O) groups excluding carboxylic acids is 1. The van der Waals surface area contributed by atoms with Crippen molar-refractivity contribution in [1.82, 2.24) is 14.7 Å². The van der Waals surface area contributed by atoms with Gasteiger partial charge in [0, 0.05) is 37.6 Å². The first-order valence-corrected chi connectivity index (χ1v) is 7.78. The number of hydrogen-bond donors (Lipinski definition) is 0. The van der Waals surface area contributed by atoms with Crippen molar-refractivity contribution in [2.75, 3.05) is 46.3 Å². The van der Waals surface area contributed by atoms with E-state index in [1.165, 1.54) is 4.88 Å². The lowest BCUT2D eigenvalue weighted by Gasteiger charge is -2.34. The quantitative estimate of drug-likeness (QED) is 0.815. The number of hydrogen-bond acceptors (Lipinski definition) is 4. The number of nitrogens with zero attached hydrogens (tertiary/aromatic N) is 3. The maximum absolute atomic E-state index is 12.2. The molecule has 0 N–H and O–H groups in total. The van der Waals surface area contributed by atoms with Crippen molar-refractivity contribution in [3.8, 4) is 0 Å². The van der Waals surface area contributed by atoms with Crippen LogP contribution in [0, 0.1) is 0 Å². The van der Waals surface area contributed by atoms with Gasteiger partial charge in [0.2, 0.25) is 5.91 Å². The van der Waals surface area contributed by atoms with E-state index in [2.05, 4.69) is 34.2 Å². The summed E-state index contributed by atoms with van der Waals surface area (Å²) in [5, 5.41) is 2.08. The van der Waals surface area contributed by atoms with E-state index in [1.54, 1.807) is 11.3 Å². The minimum atomic E-state index is 0.259. The first-order valence-electron chi connectivity index (χ1n) is 6.90. The Bertz CT molecular complexity index is 385. The maximum Gasteiger partial charge on any atom is 0.236 e. The van der Waals surface area contributed by atoms with Gasteiger partial charge in [0.15, 0.2) is 0 Å². The fourth-order valence-corrected chi connectivity index (χ4v) is 3.15. The zero-order valence-electron chi connectivity index (χ0n) is 11.8. The van der Waals surface area contributed by atoms with Gasteiger partial charge in [-0.15, -0.1) is 11.3 Å². The second-order valence-corrected chi connectivity index (χ2v) is 6.10. The third-order valence-corrected chi connectivity index (χ3v) is 4.44. The molecule has 5 heteroatoms. The average molecular weight is 281 g/mol. The van der Waals surface area contributed by atoms with Gasteiger partial charge in [0.1, 0.15) is 0 Å². The Hall–Kier alpha value is -0.910. The number of thiophene rings is 1. The standard InChI is InChI=1S/C14H23N3OS/c1-3-16-6-8-17(9-7-16)14(18)12-15(2)11-13-5-4-10-19-13/h4-5,10H,3,6-9,11-12H2,1-2H3. The van der Waals surface area contributed by atoms with E-state index < -0.39 is 0 Å². The maximum atomic E-state index is 12.2. The molecule has 0 bridgehead atoms. The lowest BCUT2D eigenvalue weighted by Crippen LogP contribution is -2.50. The number of rotatable bonds is 5. The van der Waals surface area contributed by atoms with Crippen LogP contribution in [0.4, 0.5) is 0 Å². The van der Waals surface area contributed by atoms with E-state index in [4.69, 9.17) is 0 Å². The summed E-state index contributed by atoms with van der Waals surface area (Å²) in [6.07, 6.45) is 0. The van der Waals surface area contributed by atoms with Crippen LogP contribution in [0.3, 0.4) is 0 Å². The molecule has 1 aliphatic rings. The molecule has 0 aromatic carbocycles. The molecule has 0 atom stereocenters. The highest BCUT2D eigenvalue weighted by atomic mass is 32.1. The third-order valence-electron chi connectivity index (χ3n) is 3.58. The van der Waals surface area contributed by atoms with Gasteiger partial charge in [-0.05, 0) is 25.0 Å². The minimum absolute atomic E-state index is 0.259. The molecule has 1 saturated heterocycles. The van der Waals surface area contributed by atoms with Crippen molar-refractivity contribution < 1.29 is 4.79 Å². The molecule has 19 heavy (non-hydrogen) atoms. The Balaban J connectivity index is 1.74. The summed E-state index contributed by atoms with van der Waals surface area (Å²) < 4.78 is 0. The van der Waals surface area contributed by atoms with Crippen LogP contribution in [-0.4, -0.2) is 66.9 Å². The van der Waals surface area contributed by atoms with Crippen molar-refractivity contribution in [3.63, 3.8) is 0 Å². The van der Waals surface area contributed by atoms with Crippen LogP contribution >= 0.6 is 11.3 Å². The van der Waals surface area contributed by atoms with E-state index in [9.17, 15) is 4.79 Å². The lowest BCUT2D eigenvalue weighted by molar-refractivity contribution is -0.133. The third kappa shape index (κ3) is 4.30. The first-order chi connectivity index (χ1) is 9.19. The van der Waals surface area contributed by atoms with E-state index in [-0.39, 0.29) is 5.91 Å². The predicted molar refractivity (Wildman–Crippen MR) is 79.3 cm³/mol. The highest BCUT2D eigenvalue weighted by Gasteiger charge is 2.20. The molecular weight excluding hydrogens is 258 g/mol. The summed E-state index contributed by atoms with van der Waals surface area (Å²) in [6.45, 7) is 8.40. The molecule has 4 nitrogen and oxygen atoms in total. The molecule has 1 aliphatic heterocycles. The summed E-state index contributed by atoms with van der Waals surface area (Å²) in [4.78, 5) is 20.0. The van der Waals surface area contributed by atoms with Gasteiger partial charge >= 0.3 is 0 Å². The molecule has 0 saturated carbocycles. The van der Waals surface area contributed by atoms with E-state index in [0.717, 1.165) is 39.3 Å². The number of likely N-dealkylation sites (N-methyl/N-ethyl adjacent to an activating group) is 2. The highest BCUT2D eigenvalue weighted by molar-refractivity contribution is 7.09. The normalized spacial score (nSPS) is 17.1. The van der Waals surface area contributed by atoms with Crippen molar-refractivity contribution in [3.05, 3.63) is 22.4 Å². The Morgan fingerprint density at radius 2 is 2.11 bits per heavy atom. The molecule has 0 aliphatic carbocycles. The molecule has 2 heterocycles. The fraction of sp³-hybridized carbons (Fsp3) is 0.643. The zero-order chi connectivity index (χ0) is 13.7. The summed E-state index contributed by atoms with van der Waals surface area (Å²) in [6, 6.07) is 4.17. The van der Waals surface area contributed by atoms with Crippen molar-refractivity contribution in [1.29, 1.82) is 0 Å².